The van der Waals surface area contributed by atoms with Crippen LogP contribution in [0.5, 0.6) is 5.75 Å². The molecule has 2 aromatic rings. The number of halogens is 2. The average molecular weight is 356 g/mol. The van der Waals surface area contributed by atoms with Gasteiger partial charge < -0.3 is 15.8 Å². The lowest BCUT2D eigenvalue weighted by Crippen LogP contribution is -2.13. The summed E-state index contributed by atoms with van der Waals surface area (Å²) in [4.78, 5) is 12.1. The number of amides is 1. The number of methoxy groups -OCH3 is 1. The Balaban J connectivity index is 2.21. The highest BCUT2D eigenvalue weighted by molar-refractivity contribution is 9.10. The Kier molecular flexibility index (Phi) is 4.52. The second-order valence-electron chi connectivity index (χ2n) is 4.04. The molecule has 1 amide bonds. The molecule has 0 aliphatic carbocycles. The molecule has 0 aliphatic heterocycles. The summed E-state index contributed by atoms with van der Waals surface area (Å²) in [6.07, 6.45) is 0. The molecule has 2 rings (SSSR count). The maximum absolute atomic E-state index is 12.1. The van der Waals surface area contributed by atoms with Crippen molar-refractivity contribution in [2.24, 2.45) is 0 Å². The molecule has 20 heavy (non-hydrogen) atoms. The molecule has 3 N–H and O–H groups in total. The largest absolute Gasteiger partial charge is 0.497 e. The molecule has 4 nitrogen and oxygen atoms in total. The zero-order valence-corrected chi connectivity index (χ0v) is 13.0. The number of carbonyl (C=O) groups is 1. The average Bonchev–Trinajstić information content (AvgIpc) is 2.43. The monoisotopic (exact) mass is 354 g/mol. The minimum absolute atomic E-state index is 0.265. The van der Waals surface area contributed by atoms with Crippen LogP contribution in [0.15, 0.2) is 40.9 Å². The van der Waals surface area contributed by atoms with Gasteiger partial charge in [-0.2, -0.15) is 0 Å². The maximum Gasteiger partial charge on any atom is 0.255 e. The number of benzene rings is 2. The Hall–Kier alpha value is -1.72. The molecule has 0 saturated heterocycles. The van der Waals surface area contributed by atoms with Gasteiger partial charge in [0.1, 0.15) is 5.75 Å². The minimum Gasteiger partial charge on any atom is -0.497 e. The third kappa shape index (κ3) is 3.23. The van der Waals surface area contributed by atoms with Crippen LogP contribution in [-0.4, -0.2) is 13.0 Å². The molecule has 0 aliphatic rings. The summed E-state index contributed by atoms with van der Waals surface area (Å²) in [5.41, 5.74) is 7.30. The van der Waals surface area contributed by atoms with Crippen molar-refractivity contribution < 1.29 is 9.53 Å². The third-order valence-electron chi connectivity index (χ3n) is 2.69. The number of rotatable bonds is 3. The van der Waals surface area contributed by atoms with Crippen LogP contribution < -0.4 is 15.8 Å². The van der Waals surface area contributed by atoms with Crippen molar-refractivity contribution in [3.05, 3.63) is 51.5 Å². The molecule has 0 aromatic heterocycles. The van der Waals surface area contributed by atoms with E-state index in [1.54, 1.807) is 43.5 Å². The van der Waals surface area contributed by atoms with Crippen LogP contribution in [0.2, 0.25) is 5.02 Å². The van der Waals surface area contributed by atoms with Crippen molar-refractivity contribution in [1.29, 1.82) is 0 Å². The predicted molar refractivity (Wildman–Crippen MR) is 84.5 cm³/mol. The number of hydrogen-bond acceptors (Lipinski definition) is 3. The number of hydrogen-bond donors (Lipinski definition) is 2. The number of ether oxygens (including phenoxy) is 1. The highest BCUT2D eigenvalue weighted by Gasteiger charge is 2.10. The van der Waals surface area contributed by atoms with Gasteiger partial charge >= 0.3 is 0 Å². The van der Waals surface area contributed by atoms with Crippen LogP contribution in [-0.2, 0) is 0 Å². The van der Waals surface area contributed by atoms with E-state index in [1.807, 2.05) is 0 Å². The molecule has 0 fully saturated rings. The molecule has 0 atom stereocenters. The molecular formula is C14H12BrClN2O2. The van der Waals surface area contributed by atoms with Gasteiger partial charge in [-0.1, -0.05) is 11.6 Å². The third-order valence-corrected chi connectivity index (χ3v) is 3.90. The van der Waals surface area contributed by atoms with Crippen molar-refractivity contribution in [3.8, 4) is 5.75 Å². The standard InChI is InChI=1S/C14H12BrClN2O2/c1-20-9-3-5-13(12(17)7-9)18-14(19)8-2-4-11(16)10(15)6-8/h2-7H,17H2,1H3,(H,18,19). The molecule has 0 heterocycles. The summed E-state index contributed by atoms with van der Waals surface area (Å²) in [6, 6.07) is 10.0. The Labute approximate surface area is 130 Å². The Morgan fingerprint density at radius 2 is 2.05 bits per heavy atom. The number of nitrogen functional groups attached to an aromatic ring is 1. The van der Waals surface area contributed by atoms with Crippen molar-refractivity contribution in [1.82, 2.24) is 0 Å². The lowest BCUT2D eigenvalue weighted by molar-refractivity contribution is 0.102. The zero-order valence-electron chi connectivity index (χ0n) is 10.6. The predicted octanol–water partition coefficient (Wildman–Crippen LogP) is 3.95. The van der Waals surface area contributed by atoms with Crippen molar-refractivity contribution in [3.63, 3.8) is 0 Å². The van der Waals surface area contributed by atoms with Crippen LogP contribution in [0.1, 0.15) is 10.4 Å². The van der Waals surface area contributed by atoms with Crippen LogP contribution in [0, 0.1) is 0 Å². The van der Waals surface area contributed by atoms with E-state index in [9.17, 15) is 4.79 Å². The fourth-order valence-electron chi connectivity index (χ4n) is 1.61. The van der Waals surface area contributed by atoms with E-state index in [1.165, 1.54) is 0 Å². The highest BCUT2D eigenvalue weighted by atomic mass is 79.9. The fourth-order valence-corrected chi connectivity index (χ4v) is 2.11. The molecule has 0 radical (unpaired) electrons. The van der Waals surface area contributed by atoms with E-state index < -0.39 is 0 Å². The van der Waals surface area contributed by atoms with Gasteiger partial charge in [0.15, 0.2) is 0 Å². The van der Waals surface area contributed by atoms with Gasteiger partial charge in [-0.05, 0) is 46.3 Å². The Bertz CT molecular complexity index is 662. The first-order chi connectivity index (χ1) is 9.51. The summed E-state index contributed by atoms with van der Waals surface area (Å²) in [5, 5.41) is 3.29. The van der Waals surface area contributed by atoms with Gasteiger partial charge in [-0.15, -0.1) is 0 Å². The summed E-state index contributed by atoms with van der Waals surface area (Å²) in [6.45, 7) is 0. The quantitative estimate of drug-likeness (QED) is 0.820. The van der Waals surface area contributed by atoms with Crippen LogP contribution in [0.25, 0.3) is 0 Å². The van der Waals surface area contributed by atoms with E-state index in [0.717, 1.165) is 0 Å². The fraction of sp³-hybridized carbons (Fsp3) is 0.0714. The molecule has 0 bridgehead atoms. The van der Waals surface area contributed by atoms with Gasteiger partial charge in [0.2, 0.25) is 0 Å². The van der Waals surface area contributed by atoms with Crippen molar-refractivity contribution in [2.45, 2.75) is 0 Å². The summed E-state index contributed by atoms with van der Waals surface area (Å²) in [7, 11) is 1.55. The summed E-state index contributed by atoms with van der Waals surface area (Å²) in [5.74, 6) is 0.369. The van der Waals surface area contributed by atoms with Gasteiger partial charge in [0.25, 0.3) is 5.91 Å². The van der Waals surface area contributed by atoms with E-state index in [-0.39, 0.29) is 5.91 Å². The van der Waals surface area contributed by atoms with Crippen molar-refractivity contribution in [2.75, 3.05) is 18.2 Å². The topological polar surface area (TPSA) is 64.3 Å². The first kappa shape index (κ1) is 14.7. The highest BCUT2D eigenvalue weighted by Crippen LogP contribution is 2.26. The van der Waals surface area contributed by atoms with Crippen LogP contribution >= 0.6 is 27.5 Å². The van der Waals surface area contributed by atoms with E-state index in [2.05, 4.69) is 21.2 Å². The van der Waals surface area contributed by atoms with Gasteiger partial charge in [-0.25, -0.2) is 0 Å². The van der Waals surface area contributed by atoms with Gasteiger partial charge in [-0.3, -0.25) is 4.79 Å². The minimum atomic E-state index is -0.265. The zero-order chi connectivity index (χ0) is 14.7. The number of carbonyl (C=O) groups excluding carboxylic acids is 1. The second kappa shape index (κ2) is 6.15. The first-order valence-electron chi connectivity index (χ1n) is 5.71. The van der Waals surface area contributed by atoms with Crippen molar-refractivity contribution >= 4 is 44.8 Å². The number of anilines is 2. The molecule has 104 valence electrons. The maximum atomic E-state index is 12.1. The van der Waals surface area contributed by atoms with E-state index >= 15 is 0 Å². The molecule has 0 saturated carbocycles. The normalized spacial score (nSPS) is 10.2. The lowest BCUT2D eigenvalue weighted by atomic mass is 10.2. The molecule has 6 heteroatoms. The van der Waals surface area contributed by atoms with Gasteiger partial charge in [0, 0.05) is 16.1 Å². The lowest BCUT2D eigenvalue weighted by Gasteiger charge is -2.10. The summed E-state index contributed by atoms with van der Waals surface area (Å²) >= 11 is 9.17. The van der Waals surface area contributed by atoms with E-state index in [0.29, 0.717) is 32.2 Å². The number of nitrogens with one attached hydrogen (secondary N) is 1. The Morgan fingerprint density at radius 1 is 1.30 bits per heavy atom. The van der Waals surface area contributed by atoms with Gasteiger partial charge in [0.05, 0.1) is 23.5 Å². The first-order valence-corrected chi connectivity index (χ1v) is 6.88. The SMILES string of the molecule is COc1ccc(NC(=O)c2ccc(Cl)c(Br)c2)c(N)c1. The molecule has 2 aromatic carbocycles. The molecular weight excluding hydrogens is 344 g/mol. The summed E-state index contributed by atoms with van der Waals surface area (Å²) < 4.78 is 5.72. The molecule has 0 spiro atoms. The smallest absolute Gasteiger partial charge is 0.255 e. The van der Waals surface area contributed by atoms with Crippen LogP contribution in [0.4, 0.5) is 11.4 Å². The molecule has 0 unspecified atom stereocenters. The number of nitrogens with two attached hydrogens (primary N) is 1. The van der Waals surface area contributed by atoms with E-state index in [4.69, 9.17) is 22.1 Å². The second-order valence-corrected chi connectivity index (χ2v) is 5.30. The Morgan fingerprint density at radius 3 is 2.65 bits per heavy atom. The van der Waals surface area contributed by atoms with Crippen LogP contribution in [0.3, 0.4) is 0 Å².